The summed E-state index contributed by atoms with van der Waals surface area (Å²) in [6.45, 7) is 4.28. The second kappa shape index (κ2) is 10.8. The standard InChI is InChI=1S/C25H30N2O5/c1-16(2)22(14-24(29)30)27-23(28)12-7-13-26-25(31)32-15-21-19-10-5-3-8-17(19)18-9-4-6-11-20(18)21/h3-6,8-11,16,21-22H,7,12-15H2,1-2H3,(H,26,31)(H,27,28)(H,29,30)/t22-/m0/s1. The average Bonchev–Trinajstić information content (AvgIpc) is 3.08. The van der Waals surface area contributed by atoms with E-state index in [1.165, 1.54) is 11.1 Å². The molecular formula is C25H30N2O5. The van der Waals surface area contributed by atoms with Crippen molar-refractivity contribution in [2.24, 2.45) is 5.92 Å². The number of fused-ring (bicyclic) bond motifs is 3. The summed E-state index contributed by atoms with van der Waals surface area (Å²) in [6.07, 6.45) is 0.0140. The number of hydrogen-bond acceptors (Lipinski definition) is 4. The summed E-state index contributed by atoms with van der Waals surface area (Å²) in [5.74, 6) is -1.14. The SMILES string of the molecule is CC(C)[C@H](CC(=O)O)NC(=O)CCCNC(=O)OCC1c2ccccc2-c2ccccc21. The first kappa shape index (κ1) is 23.3. The molecule has 7 nitrogen and oxygen atoms in total. The Bertz CT molecular complexity index is 927. The molecule has 170 valence electrons. The van der Waals surface area contributed by atoms with Crippen LogP contribution in [0.25, 0.3) is 11.1 Å². The molecule has 2 aromatic rings. The molecule has 0 saturated heterocycles. The van der Waals surface area contributed by atoms with Crippen molar-refractivity contribution in [3.05, 3.63) is 59.7 Å². The molecule has 0 unspecified atom stereocenters. The molecule has 0 spiro atoms. The van der Waals surface area contributed by atoms with Gasteiger partial charge in [-0.1, -0.05) is 62.4 Å². The lowest BCUT2D eigenvalue weighted by Crippen LogP contribution is -2.40. The predicted octanol–water partition coefficient (Wildman–Crippen LogP) is 3.92. The molecule has 3 rings (SSSR count). The molecule has 0 bridgehead atoms. The Kier molecular flexibility index (Phi) is 7.87. The number of carboxylic acids is 1. The summed E-state index contributed by atoms with van der Waals surface area (Å²) < 4.78 is 5.47. The van der Waals surface area contributed by atoms with Gasteiger partial charge >= 0.3 is 12.1 Å². The van der Waals surface area contributed by atoms with Crippen LogP contribution in [0.4, 0.5) is 4.79 Å². The fourth-order valence-electron chi connectivity index (χ4n) is 4.01. The number of amides is 2. The van der Waals surface area contributed by atoms with Crippen molar-refractivity contribution < 1.29 is 24.2 Å². The maximum atomic E-state index is 12.2. The molecule has 2 amide bonds. The van der Waals surface area contributed by atoms with Gasteiger partial charge in [-0.2, -0.15) is 0 Å². The fourth-order valence-corrected chi connectivity index (χ4v) is 4.01. The van der Waals surface area contributed by atoms with Crippen LogP contribution in [0.2, 0.25) is 0 Å². The lowest BCUT2D eigenvalue weighted by Gasteiger charge is -2.20. The number of alkyl carbamates (subject to hydrolysis) is 1. The van der Waals surface area contributed by atoms with Crippen LogP contribution in [-0.2, 0) is 14.3 Å². The van der Waals surface area contributed by atoms with E-state index < -0.39 is 18.1 Å². The van der Waals surface area contributed by atoms with Crippen LogP contribution in [0.1, 0.15) is 50.2 Å². The minimum Gasteiger partial charge on any atom is -0.481 e. The van der Waals surface area contributed by atoms with E-state index >= 15 is 0 Å². The minimum atomic E-state index is -0.944. The molecular weight excluding hydrogens is 408 g/mol. The first-order chi connectivity index (χ1) is 15.4. The highest BCUT2D eigenvalue weighted by Gasteiger charge is 2.29. The Labute approximate surface area is 188 Å². The Balaban J connectivity index is 1.42. The lowest BCUT2D eigenvalue weighted by atomic mass is 9.98. The summed E-state index contributed by atoms with van der Waals surface area (Å²) in [5.41, 5.74) is 4.65. The van der Waals surface area contributed by atoms with Crippen LogP contribution >= 0.6 is 0 Å². The zero-order chi connectivity index (χ0) is 23.1. The van der Waals surface area contributed by atoms with Gasteiger partial charge in [0.05, 0.1) is 6.42 Å². The van der Waals surface area contributed by atoms with Crippen LogP contribution in [0.3, 0.4) is 0 Å². The van der Waals surface area contributed by atoms with E-state index in [9.17, 15) is 14.4 Å². The van der Waals surface area contributed by atoms with Crippen molar-refractivity contribution >= 4 is 18.0 Å². The quantitative estimate of drug-likeness (QED) is 0.488. The van der Waals surface area contributed by atoms with Gasteiger partial charge in [0.25, 0.3) is 0 Å². The minimum absolute atomic E-state index is 0.00105. The second-order valence-corrected chi connectivity index (χ2v) is 8.37. The monoisotopic (exact) mass is 438 g/mol. The van der Waals surface area contributed by atoms with Crippen LogP contribution in [-0.4, -0.2) is 42.3 Å². The van der Waals surface area contributed by atoms with Crippen molar-refractivity contribution in [1.29, 1.82) is 0 Å². The zero-order valence-corrected chi connectivity index (χ0v) is 18.5. The van der Waals surface area contributed by atoms with Crippen molar-refractivity contribution in [2.75, 3.05) is 13.2 Å². The highest BCUT2D eigenvalue weighted by molar-refractivity contribution is 5.79. The van der Waals surface area contributed by atoms with E-state index in [1.807, 2.05) is 38.1 Å². The highest BCUT2D eigenvalue weighted by Crippen LogP contribution is 2.44. The Hall–Kier alpha value is -3.35. The van der Waals surface area contributed by atoms with Crippen LogP contribution in [0, 0.1) is 5.92 Å². The first-order valence-electron chi connectivity index (χ1n) is 11.0. The van der Waals surface area contributed by atoms with Gasteiger partial charge in [0.15, 0.2) is 0 Å². The van der Waals surface area contributed by atoms with Gasteiger partial charge in [-0.15, -0.1) is 0 Å². The van der Waals surface area contributed by atoms with E-state index in [4.69, 9.17) is 9.84 Å². The number of carboxylic acid groups (broad SMARTS) is 1. The molecule has 7 heteroatoms. The van der Waals surface area contributed by atoms with Crippen molar-refractivity contribution in [3.63, 3.8) is 0 Å². The number of nitrogens with one attached hydrogen (secondary N) is 2. The van der Waals surface area contributed by atoms with Gasteiger partial charge < -0.3 is 20.5 Å². The smallest absolute Gasteiger partial charge is 0.407 e. The summed E-state index contributed by atoms with van der Waals surface area (Å²) in [7, 11) is 0. The Morgan fingerprint density at radius 3 is 2.16 bits per heavy atom. The molecule has 32 heavy (non-hydrogen) atoms. The number of ether oxygens (including phenoxy) is 1. The maximum Gasteiger partial charge on any atom is 0.407 e. The van der Waals surface area contributed by atoms with Crippen molar-refractivity contribution in [3.8, 4) is 11.1 Å². The van der Waals surface area contributed by atoms with Crippen molar-refractivity contribution in [2.45, 2.75) is 45.1 Å². The number of aliphatic carboxylic acids is 1. The van der Waals surface area contributed by atoms with E-state index in [-0.39, 0.29) is 37.2 Å². The Morgan fingerprint density at radius 1 is 1.00 bits per heavy atom. The van der Waals surface area contributed by atoms with Gasteiger partial charge in [0.2, 0.25) is 5.91 Å². The molecule has 2 aromatic carbocycles. The van der Waals surface area contributed by atoms with E-state index in [0.717, 1.165) is 11.1 Å². The summed E-state index contributed by atoms with van der Waals surface area (Å²) in [4.78, 5) is 35.1. The van der Waals surface area contributed by atoms with Crippen LogP contribution < -0.4 is 10.6 Å². The largest absolute Gasteiger partial charge is 0.481 e. The molecule has 0 saturated carbocycles. The number of rotatable bonds is 10. The number of carbonyl (C=O) groups is 3. The molecule has 1 aliphatic rings. The summed E-state index contributed by atoms with van der Waals surface area (Å²) in [5, 5.41) is 14.4. The molecule has 3 N–H and O–H groups in total. The lowest BCUT2D eigenvalue weighted by molar-refractivity contribution is -0.138. The fraction of sp³-hybridized carbons (Fsp3) is 0.400. The highest BCUT2D eigenvalue weighted by atomic mass is 16.5. The first-order valence-corrected chi connectivity index (χ1v) is 11.0. The maximum absolute atomic E-state index is 12.2. The summed E-state index contributed by atoms with van der Waals surface area (Å²) >= 11 is 0. The second-order valence-electron chi connectivity index (χ2n) is 8.37. The van der Waals surface area contributed by atoms with E-state index in [2.05, 4.69) is 34.9 Å². The molecule has 1 aliphatic carbocycles. The van der Waals surface area contributed by atoms with Crippen molar-refractivity contribution in [1.82, 2.24) is 10.6 Å². The molecule has 1 atom stereocenters. The van der Waals surface area contributed by atoms with Gasteiger partial charge in [0, 0.05) is 24.9 Å². The predicted molar refractivity (Wildman–Crippen MR) is 121 cm³/mol. The van der Waals surface area contributed by atoms with Crippen LogP contribution in [0.15, 0.2) is 48.5 Å². The van der Waals surface area contributed by atoms with E-state index in [1.54, 1.807) is 0 Å². The normalized spacial score (nSPS) is 13.2. The Morgan fingerprint density at radius 2 is 1.59 bits per heavy atom. The number of carbonyl (C=O) groups excluding carboxylic acids is 2. The zero-order valence-electron chi connectivity index (χ0n) is 18.5. The third-order valence-corrected chi connectivity index (χ3v) is 5.74. The average molecular weight is 439 g/mol. The molecule has 0 radical (unpaired) electrons. The van der Waals surface area contributed by atoms with Crippen LogP contribution in [0.5, 0.6) is 0 Å². The molecule has 0 aliphatic heterocycles. The summed E-state index contributed by atoms with van der Waals surface area (Å²) in [6, 6.07) is 15.9. The van der Waals surface area contributed by atoms with Gasteiger partial charge in [-0.3, -0.25) is 9.59 Å². The molecule has 0 heterocycles. The molecule has 0 fully saturated rings. The number of benzene rings is 2. The van der Waals surface area contributed by atoms with E-state index in [0.29, 0.717) is 13.0 Å². The number of hydrogen-bond donors (Lipinski definition) is 3. The third kappa shape index (κ3) is 5.87. The molecule has 0 aromatic heterocycles. The van der Waals surface area contributed by atoms with Gasteiger partial charge in [-0.25, -0.2) is 4.79 Å². The van der Waals surface area contributed by atoms with Gasteiger partial charge in [0.1, 0.15) is 6.61 Å². The van der Waals surface area contributed by atoms with Gasteiger partial charge in [-0.05, 0) is 34.6 Å². The third-order valence-electron chi connectivity index (χ3n) is 5.74. The topological polar surface area (TPSA) is 105 Å².